The predicted octanol–water partition coefficient (Wildman–Crippen LogP) is 1.23. The molecule has 0 aromatic carbocycles. The van der Waals surface area contributed by atoms with Gasteiger partial charge in [-0.25, -0.2) is 0 Å². The molecule has 0 saturated carbocycles. The molecule has 1 nitrogen and oxygen atoms in total. The minimum Gasteiger partial charge on any atom is -0.389 e. The maximum absolute atomic E-state index is 3.67. The van der Waals surface area contributed by atoms with E-state index in [-0.39, 0.29) is 61.2 Å². The van der Waals surface area contributed by atoms with E-state index in [0.717, 1.165) is 0 Å². The van der Waals surface area contributed by atoms with Gasteiger partial charge in [-0.1, -0.05) is 0 Å². The van der Waals surface area contributed by atoms with Crippen molar-refractivity contribution in [3.8, 4) is 0 Å². The quantitative estimate of drug-likeness (QED) is 0.614. The molecule has 0 aliphatic rings. The van der Waals surface area contributed by atoms with Crippen LogP contribution in [0.5, 0.6) is 0 Å². The van der Waals surface area contributed by atoms with Crippen molar-refractivity contribution in [2.75, 3.05) is 14.1 Å². The zero-order chi connectivity index (χ0) is 6.08. The van der Waals surface area contributed by atoms with E-state index in [1.54, 1.807) is 0 Å². The Kier molecular flexibility index (Phi) is 20.0. The van der Waals surface area contributed by atoms with Gasteiger partial charge in [0.2, 0.25) is 0 Å². The predicted molar refractivity (Wildman–Crippen MR) is 38.9 cm³/mol. The van der Waals surface area contributed by atoms with Gasteiger partial charge >= 0.3 is 21.1 Å². The van der Waals surface area contributed by atoms with Crippen LogP contribution >= 0.6 is 0 Å². The van der Waals surface area contributed by atoms with E-state index in [1.165, 1.54) is 0 Å². The van der Waals surface area contributed by atoms with Crippen LogP contribution in [0.4, 0.5) is 0 Å². The van der Waals surface area contributed by atoms with E-state index in [1.807, 2.05) is 19.0 Å². The third-order valence-corrected chi connectivity index (χ3v) is 0.949. The van der Waals surface area contributed by atoms with Crippen molar-refractivity contribution in [1.29, 1.82) is 0 Å². The second-order valence-electron chi connectivity index (χ2n) is 2.12. The normalized spacial score (nSPS) is 9.00. The Balaban J connectivity index is -0.0000000600. The Bertz CT molecular complexity index is 59.1. The first-order chi connectivity index (χ1) is 2.94. The summed E-state index contributed by atoms with van der Waals surface area (Å²) in [4.78, 5) is 1.85. The van der Waals surface area contributed by atoms with Crippen LogP contribution in [0.15, 0.2) is 0 Å². The topological polar surface area (TPSA) is 3.24 Å². The van der Waals surface area contributed by atoms with Crippen molar-refractivity contribution in [3.63, 3.8) is 0 Å². The van der Waals surface area contributed by atoms with Crippen LogP contribution in [0.3, 0.4) is 0 Å². The van der Waals surface area contributed by atoms with E-state index in [0.29, 0.717) is 0 Å². The van der Waals surface area contributed by atoms with E-state index in [2.05, 4.69) is 20.8 Å². The number of nitrogens with zero attached hydrogens (tertiary/aromatic N) is 1. The molecule has 59 valence electrons. The van der Waals surface area contributed by atoms with Gasteiger partial charge in [-0.15, -0.1) is 0 Å². The minimum absolute atomic E-state index is 0. The Hall–Kier alpha value is 1.75. The summed E-state index contributed by atoms with van der Waals surface area (Å²) in [5, 5.41) is 0. The first kappa shape index (κ1) is 22.6. The van der Waals surface area contributed by atoms with Gasteiger partial charge in [0.25, 0.3) is 0 Å². The van der Waals surface area contributed by atoms with Crippen molar-refractivity contribution < 1.29 is 53.8 Å². The summed E-state index contributed by atoms with van der Waals surface area (Å²) < 4.78 is 0. The molecule has 0 fully saturated rings. The van der Waals surface area contributed by atoms with E-state index in [4.69, 9.17) is 0 Å². The molecule has 1 radical (unpaired) electrons. The summed E-state index contributed by atoms with van der Waals surface area (Å²) in [6.45, 7) is 11.0. The fourth-order valence-corrected chi connectivity index (χ4v) is 0. The fourth-order valence-electron chi connectivity index (χ4n) is 0. The van der Waals surface area contributed by atoms with E-state index < -0.39 is 5.54 Å². The summed E-state index contributed by atoms with van der Waals surface area (Å²) >= 11 is 0. The molecular weight excluding hydrogens is 371 g/mol. The van der Waals surface area contributed by atoms with Crippen molar-refractivity contribution in [2.45, 2.75) is 5.54 Å². The number of rotatable bonds is 1. The molecule has 0 aromatic heterocycles. The second-order valence-corrected chi connectivity index (χ2v) is 2.12. The third-order valence-electron chi connectivity index (χ3n) is 0.949. The Morgan fingerprint density at radius 2 is 1.20 bits per heavy atom. The molecule has 0 rings (SSSR count). The van der Waals surface area contributed by atoms with Gasteiger partial charge < -0.3 is 38.6 Å². The van der Waals surface area contributed by atoms with Crippen molar-refractivity contribution >= 4 is 0 Å². The Labute approximate surface area is 105 Å². The standard InChI is InChI=1S/C6H12N.CH3.W.Y/c1-6(2,3)7(4)5;;;/h1-3H2,4-5H3;1H3;;/q-3;-1;+2;. The van der Waals surface area contributed by atoms with E-state index >= 15 is 0 Å². The molecule has 0 spiro atoms. The van der Waals surface area contributed by atoms with Gasteiger partial charge in [0.1, 0.15) is 0 Å². The second kappa shape index (κ2) is 8.85. The largest absolute Gasteiger partial charge is 2.00 e. The Morgan fingerprint density at radius 3 is 1.20 bits per heavy atom. The monoisotopic (exact) mass is 386 g/mol. The van der Waals surface area contributed by atoms with Crippen molar-refractivity contribution in [2.24, 2.45) is 0 Å². The maximum atomic E-state index is 3.67. The third kappa shape index (κ3) is 12.4. The maximum Gasteiger partial charge on any atom is 2.00 e. The molecule has 0 atom stereocenters. The summed E-state index contributed by atoms with van der Waals surface area (Å²) in [6, 6.07) is 0. The average molecular weight is 386 g/mol. The van der Waals surface area contributed by atoms with Gasteiger partial charge in [0.05, 0.1) is 0 Å². The molecule has 0 heterocycles. The first-order valence-corrected chi connectivity index (χ1v) is 2.18. The molecule has 3 heteroatoms. The van der Waals surface area contributed by atoms with E-state index in [9.17, 15) is 0 Å². The summed E-state index contributed by atoms with van der Waals surface area (Å²) in [6.07, 6.45) is 0. The molecule has 0 aliphatic carbocycles. The van der Waals surface area contributed by atoms with Crippen LogP contribution in [-0.4, -0.2) is 24.5 Å². The molecule has 0 amide bonds. The Morgan fingerprint density at radius 1 is 1.10 bits per heavy atom. The zero-order valence-corrected chi connectivity index (χ0v) is 12.8. The minimum atomic E-state index is -0.417. The smallest absolute Gasteiger partial charge is 0.389 e. The number of hydrogen-bond acceptors (Lipinski definition) is 1. The molecule has 10 heavy (non-hydrogen) atoms. The molecule has 0 unspecified atom stereocenters. The van der Waals surface area contributed by atoms with Gasteiger partial charge in [-0.2, -0.15) is 0 Å². The summed E-state index contributed by atoms with van der Waals surface area (Å²) in [5.74, 6) is 0. The molecule has 0 aliphatic heterocycles. The molecule has 0 aromatic rings. The molecule has 0 bridgehead atoms. The van der Waals surface area contributed by atoms with Crippen molar-refractivity contribution in [1.82, 2.24) is 4.90 Å². The van der Waals surface area contributed by atoms with Gasteiger partial charge in [0, 0.05) is 32.7 Å². The van der Waals surface area contributed by atoms with Crippen LogP contribution in [0.2, 0.25) is 0 Å². The zero-order valence-electron chi connectivity index (χ0n) is 7.05. The summed E-state index contributed by atoms with van der Waals surface area (Å²) in [5.41, 5.74) is -0.417. The van der Waals surface area contributed by atoms with Crippen LogP contribution in [0.25, 0.3) is 0 Å². The SMILES string of the molecule is [CH2-]C([CH2-])([CH2-])N(C)C.[CH3-].[W+2].[Y]. The average Bonchev–Trinajstić information content (AvgIpc) is 1.31. The van der Waals surface area contributed by atoms with Crippen LogP contribution in [0.1, 0.15) is 0 Å². The molecule has 0 saturated heterocycles. The molecular formula is C7H15NWY-2. The number of hydrogen-bond donors (Lipinski definition) is 0. The van der Waals surface area contributed by atoms with Gasteiger partial charge in [-0.3, -0.25) is 0 Å². The van der Waals surface area contributed by atoms with Crippen LogP contribution < -0.4 is 0 Å². The first-order valence-electron chi connectivity index (χ1n) is 2.18. The van der Waals surface area contributed by atoms with Crippen LogP contribution in [0, 0.1) is 28.2 Å². The van der Waals surface area contributed by atoms with Gasteiger partial charge in [-0.05, 0) is 14.1 Å². The van der Waals surface area contributed by atoms with Crippen molar-refractivity contribution in [3.05, 3.63) is 28.2 Å². The van der Waals surface area contributed by atoms with Gasteiger partial charge in [0.15, 0.2) is 0 Å². The molecule has 0 N–H and O–H groups in total. The summed E-state index contributed by atoms with van der Waals surface area (Å²) in [7, 11) is 3.79. The van der Waals surface area contributed by atoms with Crippen LogP contribution in [-0.2, 0) is 53.8 Å². The fraction of sp³-hybridized carbons (Fsp3) is 0.429.